The summed E-state index contributed by atoms with van der Waals surface area (Å²) >= 11 is 0. The summed E-state index contributed by atoms with van der Waals surface area (Å²) in [6.07, 6.45) is 4.43. The standard InChI is InChI=1S/C13H20N4O/c1-3-17-12-11(8(2)16-17)15-13(18)9-6-4-5-7-10(9)14-12/h9-10,14H,3-7H2,1-2H3,(H,15,18). The predicted octanol–water partition coefficient (Wildman–Crippen LogP) is 2.13. The molecule has 0 spiro atoms. The zero-order valence-electron chi connectivity index (χ0n) is 11.0. The largest absolute Gasteiger partial charge is 0.365 e. The van der Waals surface area contributed by atoms with E-state index in [-0.39, 0.29) is 17.9 Å². The van der Waals surface area contributed by atoms with E-state index < -0.39 is 0 Å². The van der Waals surface area contributed by atoms with Crippen LogP contribution in [0.2, 0.25) is 0 Å². The molecule has 1 saturated carbocycles. The Morgan fingerprint density at radius 2 is 2.17 bits per heavy atom. The monoisotopic (exact) mass is 248 g/mol. The molecule has 18 heavy (non-hydrogen) atoms. The van der Waals surface area contributed by atoms with Gasteiger partial charge in [0.2, 0.25) is 5.91 Å². The van der Waals surface area contributed by atoms with E-state index in [1.165, 1.54) is 6.42 Å². The summed E-state index contributed by atoms with van der Waals surface area (Å²) < 4.78 is 1.95. The number of rotatable bonds is 1. The first-order valence-electron chi connectivity index (χ1n) is 6.85. The van der Waals surface area contributed by atoms with Gasteiger partial charge >= 0.3 is 0 Å². The first kappa shape index (κ1) is 11.6. The number of anilines is 2. The highest BCUT2D eigenvalue weighted by Gasteiger charge is 2.36. The van der Waals surface area contributed by atoms with Gasteiger partial charge in [0.15, 0.2) is 0 Å². The second-order valence-electron chi connectivity index (χ2n) is 5.26. The first-order valence-corrected chi connectivity index (χ1v) is 6.85. The van der Waals surface area contributed by atoms with Crippen LogP contribution in [0.1, 0.15) is 38.3 Å². The smallest absolute Gasteiger partial charge is 0.229 e. The molecule has 1 amide bonds. The molecule has 0 saturated heterocycles. The lowest BCUT2D eigenvalue weighted by molar-refractivity contribution is -0.120. The van der Waals surface area contributed by atoms with Crippen molar-refractivity contribution in [1.29, 1.82) is 0 Å². The average molecular weight is 248 g/mol. The second kappa shape index (κ2) is 4.30. The molecule has 2 N–H and O–H groups in total. The van der Waals surface area contributed by atoms with Crippen LogP contribution in [-0.4, -0.2) is 21.7 Å². The van der Waals surface area contributed by atoms with Crippen molar-refractivity contribution in [2.75, 3.05) is 10.6 Å². The molecule has 1 aromatic heterocycles. The van der Waals surface area contributed by atoms with Gasteiger partial charge < -0.3 is 10.6 Å². The van der Waals surface area contributed by atoms with E-state index >= 15 is 0 Å². The maximum Gasteiger partial charge on any atom is 0.229 e. The first-order chi connectivity index (χ1) is 8.70. The highest BCUT2D eigenvalue weighted by atomic mass is 16.2. The van der Waals surface area contributed by atoms with Crippen LogP contribution < -0.4 is 10.6 Å². The number of carbonyl (C=O) groups excluding carboxylic acids is 1. The van der Waals surface area contributed by atoms with Crippen molar-refractivity contribution in [3.63, 3.8) is 0 Å². The van der Waals surface area contributed by atoms with Gasteiger partial charge in [0.25, 0.3) is 0 Å². The topological polar surface area (TPSA) is 59.0 Å². The fourth-order valence-electron chi connectivity index (χ4n) is 3.12. The number of amides is 1. The zero-order chi connectivity index (χ0) is 12.7. The molecule has 2 aliphatic rings. The highest BCUT2D eigenvalue weighted by Crippen LogP contribution is 2.36. The number of nitrogens with one attached hydrogen (secondary N) is 2. The van der Waals surface area contributed by atoms with Crippen LogP contribution in [0.5, 0.6) is 0 Å². The Labute approximate surface area is 107 Å². The van der Waals surface area contributed by atoms with Crippen LogP contribution in [-0.2, 0) is 11.3 Å². The normalized spacial score (nSPS) is 26.7. The summed E-state index contributed by atoms with van der Waals surface area (Å²) in [6, 6.07) is 0.265. The fraction of sp³-hybridized carbons (Fsp3) is 0.692. The van der Waals surface area contributed by atoms with Crippen molar-refractivity contribution < 1.29 is 4.79 Å². The average Bonchev–Trinajstić information content (AvgIpc) is 2.58. The number of aryl methyl sites for hydroxylation is 2. The maximum atomic E-state index is 12.3. The molecule has 2 atom stereocenters. The van der Waals surface area contributed by atoms with Crippen molar-refractivity contribution in [2.24, 2.45) is 5.92 Å². The summed E-state index contributed by atoms with van der Waals surface area (Å²) in [5, 5.41) is 11.1. The van der Waals surface area contributed by atoms with Gasteiger partial charge in [-0.05, 0) is 26.7 Å². The molecule has 1 aromatic rings. The minimum atomic E-state index is 0.107. The Hall–Kier alpha value is -1.52. The summed E-state index contributed by atoms with van der Waals surface area (Å²) in [5.41, 5.74) is 1.77. The number of nitrogens with zero attached hydrogens (tertiary/aromatic N) is 2. The third-order valence-electron chi connectivity index (χ3n) is 4.10. The van der Waals surface area contributed by atoms with Crippen molar-refractivity contribution in [3.05, 3.63) is 5.69 Å². The van der Waals surface area contributed by atoms with Gasteiger partial charge in [0.05, 0.1) is 11.6 Å². The molecule has 0 aromatic carbocycles. The molecular formula is C13H20N4O. The van der Waals surface area contributed by atoms with Gasteiger partial charge in [-0.3, -0.25) is 4.79 Å². The third-order valence-corrected chi connectivity index (χ3v) is 4.10. The Morgan fingerprint density at radius 3 is 2.94 bits per heavy atom. The lowest BCUT2D eigenvalue weighted by Gasteiger charge is -2.29. The van der Waals surface area contributed by atoms with E-state index in [9.17, 15) is 4.79 Å². The van der Waals surface area contributed by atoms with Gasteiger partial charge in [0.1, 0.15) is 11.5 Å². The number of aromatic nitrogens is 2. The van der Waals surface area contributed by atoms with Gasteiger partial charge in [-0.15, -0.1) is 0 Å². The third kappa shape index (κ3) is 1.69. The minimum Gasteiger partial charge on any atom is -0.365 e. The maximum absolute atomic E-state index is 12.3. The number of hydrogen-bond donors (Lipinski definition) is 2. The molecule has 1 aliphatic carbocycles. The summed E-state index contributed by atoms with van der Waals surface area (Å²) in [4.78, 5) is 12.3. The fourth-order valence-corrected chi connectivity index (χ4v) is 3.12. The van der Waals surface area contributed by atoms with E-state index in [4.69, 9.17) is 0 Å². The number of fused-ring (bicyclic) bond motifs is 2. The summed E-state index contributed by atoms with van der Waals surface area (Å²) in [6.45, 7) is 4.83. The van der Waals surface area contributed by atoms with Crippen molar-refractivity contribution >= 4 is 17.4 Å². The van der Waals surface area contributed by atoms with Gasteiger partial charge in [-0.2, -0.15) is 5.10 Å². The van der Waals surface area contributed by atoms with Crippen LogP contribution in [0.25, 0.3) is 0 Å². The van der Waals surface area contributed by atoms with E-state index in [1.54, 1.807) is 0 Å². The molecule has 5 nitrogen and oxygen atoms in total. The van der Waals surface area contributed by atoms with E-state index in [0.717, 1.165) is 43.0 Å². The number of hydrogen-bond acceptors (Lipinski definition) is 3. The van der Waals surface area contributed by atoms with E-state index in [1.807, 2.05) is 11.6 Å². The Kier molecular flexibility index (Phi) is 2.76. The van der Waals surface area contributed by atoms with Crippen LogP contribution in [0.15, 0.2) is 0 Å². The molecular weight excluding hydrogens is 228 g/mol. The molecule has 2 heterocycles. The molecule has 98 valence electrons. The molecule has 1 aliphatic heterocycles. The summed E-state index contributed by atoms with van der Waals surface area (Å²) in [5.74, 6) is 1.25. The van der Waals surface area contributed by atoms with Crippen molar-refractivity contribution in [3.8, 4) is 0 Å². The highest BCUT2D eigenvalue weighted by molar-refractivity contribution is 5.98. The summed E-state index contributed by atoms with van der Waals surface area (Å²) in [7, 11) is 0. The van der Waals surface area contributed by atoms with E-state index in [2.05, 4.69) is 22.7 Å². The van der Waals surface area contributed by atoms with Gasteiger partial charge in [0, 0.05) is 12.6 Å². The van der Waals surface area contributed by atoms with Crippen molar-refractivity contribution in [2.45, 2.75) is 52.1 Å². The zero-order valence-corrected chi connectivity index (χ0v) is 11.0. The predicted molar refractivity (Wildman–Crippen MR) is 70.6 cm³/mol. The molecule has 0 bridgehead atoms. The van der Waals surface area contributed by atoms with Crippen LogP contribution in [0.3, 0.4) is 0 Å². The van der Waals surface area contributed by atoms with E-state index in [0.29, 0.717) is 0 Å². The van der Waals surface area contributed by atoms with Crippen LogP contribution >= 0.6 is 0 Å². The second-order valence-corrected chi connectivity index (χ2v) is 5.26. The Morgan fingerprint density at radius 1 is 1.39 bits per heavy atom. The van der Waals surface area contributed by atoms with Gasteiger partial charge in [-0.25, -0.2) is 4.68 Å². The molecule has 3 rings (SSSR count). The van der Waals surface area contributed by atoms with Crippen LogP contribution in [0.4, 0.5) is 11.5 Å². The van der Waals surface area contributed by atoms with Gasteiger partial charge in [-0.1, -0.05) is 12.8 Å². The van der Waals surface area contributed by atoms with Crippen LogP contribution in [0, 0.1) is 12.8 Å². The SMILES string of the molecule is CCn1nc(C)c2c1NC1CCCCC1C(=O)N2. The molecule has 2 unspecified atom stereocenters. The quantitative estimate of drug-likeness (QED) is 0.800. The lowest BCUT2D eigenvalue weighted by Crippen LogP contribution is -2.38. The Balaban J connectivity index is 2.01. The number of carbonyl (C=O) groups is 1. The molecule has 1 fully saturated rings. The molecule has 5 heteroatoms. The minimum absolute atomic E-state index is 0.107. The lowest BCUT2D eigenvalue weighted by atomic mass is 9.84. The molecule has 0 radical (unpaired) electrons. The Bertz CT molecular complexity index is 480. The van der Waals surface area contributed by atoms with Crippen molar-refractivity contribution in [1.82, 2.24) is 9.78 Å².